The van der Waals surface area contributed by atoms with Gasteiger partial charge in [0.05, 0.1) is 17.7 Å². The van der Waals surface area contributed by atoms with Gasteiger partial charge in [0, 0.05) is 13.1 Å². The Balaban J connectivity index is 2.90. The fraction of sp³-hybridized carbons (Fsp3) is 0.417. The number of halogens is 1. The van der Waals surface area contributed by atoms with Crippen LogP contribution in [0.15, 0.2) is 17.1 Å². The van der Waals surface area contributed by atoms with Crippen molar-refractivity contribution in [2.45, 2.75) is 13.5 Å². The summed E-state index contributed by atoms with van der Waals surface area (Å²) in [5.41, 5.74) is -1.14. The monoisotopic (exact) mass is 331 g/mol. The summed E-state index contributed by atoms with van der Waals surface area (Å²) >= 11 is 5.61. The van der Waals surface area contributed by atoms with Crippen LogP contribution in [0.25, 0.3) is 0 Å². The molecule has 0 bridgehead atoms. The minimum atomic E-state index is -0.731. The third-order valence-corrected chi connectivity index (χ3v) is 2.91. The predicted molar refractivity (Wildman–Crippen MR) is 76.6 cm³/mol. The van der Waals surface area contributed by atoms with Gasteiger partial charge < -0.3 is 9.64 Å². The molecule has 0 unspecified atom stereocenters. The van der Waals surface area contributed by atoms with Crippen LogP contribution in [0.2, 0.25) is 5.02 Å². The standard InChI is InChI=1S/C12H14ClN3O6/c1-3-22-11(18)7-14(2)10(17)6-15-5-8(16(20)21)4-9(13)12(15)19/h4-5H,3,6-7H2,1-2H3. The van der Waals surface area contributed by atoms with E-state index in [-0.39, 0.29) is 18.2 Å². The average molecular weight is 332 g/mol. The molecule has 0 aliphatic heterocycles. The van der Waals surface area contributed by atoms with Gasteiger partial charge in [-0.05, 0) is 6.92 Å². The molecule has 0 atom stereocenters. The van der Waals surface area contributed by atoms with Gasteiger partial charge >= 0.3 is 5.97 Å². The molecule has 9 nitrogen and oxygen atoms in total. The summed E-state index contributed by atoms with van der Waals surface area (Å²) in [5, 5.41) is 10.4. The third-order valence-electron chi connectivity index (χ3n) is 2.64. The van der Waals surface area contributed by atoms with Crippen LogP contribution >= 0.6 is 11.6 Å². The summed E-state index contributed by atoms with van der Waals surface area (Å²) < 4.78 is 5.52. The van der Waals surface area contributed by atoms with E-state index in [4.69, 9.17) is 16.3 Å². The van der Waals surface area contributed by atoms with Gasteiger partial charge in [0.15, 0.2) is 0 Å². The van der Waals surface area contributed by atoms with E-state index >= 15 is 0 Å². The Bertz CT molecular complexity index is 657. The molecule has 0 saturated carbocycles. The van der Waals surface area contributed by atoms with E-state index in [0.29, 0.717) is 0 Å². The van der Waals surface area contributed by atoms with Crippen LogP contribution < -0.4 is 5.56 Å². The van der Waals surface area contributed by atoms with Gasteiger partial charge in [-0.15, -0.1) is 0 Å². The molecule has 1 aromatic heterocycles. The summed E-state index contributed by atoms with van der Waals surface area (Å²) in [5.74, 6) is -1.19. The molecule has 1 heterocycles. The first-order valence-corrected chi connectivity index (χ1v) is 6.58. The minimum Gasteiger partial charge on any atom is -0.465 e. The lowest BCUT2D eigenvalue weighted by molar-refractivity contribution is -0.385. The number of likely N-dealkylation sites (N-methyl/N-ethyl adjacent to an activating group) is 1. The van der Waals surface area contributed by atoms with Crippen molar-refractivity contribution in [1.29, 1.82) is 0 Å². The number of carbonyl (C=O) groups excluding carboxylic acids is 2. The molecule has 1 rings (SSSR count). The first-order chi connectivity index (χ1) is 10.3. The lowest BCUT2D eigenvalue weighted by Gasteiger charge is -2.16. The first-order valence-electron chi connectivity index (χ1n) is 6.20. The van der Waals surface area contributed by atoms with Crippen LogP contribution in [0.5, 0.6) is 0 Å². The molecule has 0 aliphatic rings. The van der Waals surface area contributed by atoms with Crippen molar-refractivity contribution < 1.29 is 19.2 Å². The normalized spacial score (nSPS) is 10.1. The number of rotatable bonds is 6. The highest BCUT2D eigenvalue weighted by molar-refractivity contribution is 6.30. The van der Waals surface area contributed by atoms with Gasteiger partial charge in [0.1, 0.15) is 18.1 Å². The van der Waals surface area contributed by atoms with E-state index in [0.717, 1.165) is 21.7 Å². The smallest absolute Gasteiger partial charge is 0.325 e. The van der Waals surface area contributed by atoms with Crippen molar-refractivity contribution in [3.05, 3.63) is 37.8 Å². The molecule has 0 N–H and O–H groups in total. The lowest BCUT2D eigenvalue weighted by atomic mass is 10.4. The Labute approximate surface area is 130 Å². The molecule has 0 saturated heterocycles. The zero-order valence-electron chi connectivity index (χ0n) is 11.9. The number of hydrogen-bond donors (Lipinski definition) is 0. The maximum Gasteiger partial charge on any atom is 0.325 e. The lowest BCUT2D eigenvalue weighted by Crippen LogP contribution is -2.37. The molecule has 0 fully saturated rings. The first kappa shape index (κ1) is 17.6. The van der Waals surface area contributed by atoms with Crippen LogP contribution in [0, 0.1) is 10.1 Å². The molecular formula is C12H14ClN3O6. The average Bonchev–Trinajstić information content (AvgIpc) is 2.43. The van der Waals surface area contributed by atoms with Crippen LogP contribution in [0.4, 0.5) is 5.69 Å². The Morgan fingerprint density at radius 2 is 2.14 bits per heavy atom. The molecule has 120 valence electrons. The number of pyridine rings is 1. The van der Waals surface area contributed by atoms with Crippen molar-refractivity contribution in [3.63, 3.8) is 0 Å². The van der Waals surface area contributed by atoms with Gasteiger partial charge in [0.2, 0.25) is 5.91 Å². The van der Waals surface area contributed by atoms with Crippen molar-refractivity contribution in [2.75, 3.05) is 20.2 Å². The third kappa shape index (κ3) is 4.55. The molecular weight excluding hydrogens is 318 g/mol. The van der Waals surface area contributed by atoms with Crippen molar-refractivity contribution in [3.8, 4) is 0 Å². The number of esters is 1. The van der Waals surface area contributed by atoms with Gasteiger partial charge in [-0.25, -0.2) is 0 Å². The van der Waals surface area contributed by atoms with Gasteiger partial charge in [0.25, 0.3) is 11.2 Å². The number of amides is 1. The van der Waals surface area contributed by atoms with Crippen LogP contribution in [-0.4, -0.2) is 46.5 Å². The highest BCUT2D eigenvalue weighted by Gasteiger charge is 2.18. The summed E-state index contributed by atoms with van der Waals surface area (Å²) in [4.78, 5) is 46.0. The van der Waals surface area contributed by atoms with Crippen LogP contribution in [0.3, 0.4) is 0 Å². The van der Waals surface area contributed by atoms with Gasteiger partial charge in [-0.3, -0.25) is 29.1 Å². The molecule has 22 heavy (non-hydrogen) atoms. The quantitative estimate of drug-likeness (QED) is 0.424. The van der Waals surface area contributed by atoms with Gasteiger partial charge in [-0.2, -0.15) is 0 Å². The summed E-state index contributed by atoms with van der Waals surface area (Å²) in [6.07, 6.45) is 0.921. The fourth-order valence-corrected chi connectivity index (χ4v) is 1.78. The largest absolute Gasteiger partial charge is 0.465 e. The van der Waals surface area contributed by atoms with Crippen molar-refractivity contribution in [2.24, 2.45) is 0 Å². The topological polar surface area (TPSA) is 112 Å². The number of aromatic nitrogens is 1. The number of ether oxygens (including phenoxy) is 1. The molecule has 0 aliphatic carbocycles. The Hall–Kier alpha value is -2.42. The number of nitro groups is 1. The van der Waals surface area contributed by atoms with E-state index < -0.39 is 34.6 Å². The van der Waals surface area contributed by atoms with Crippen LogP contribution in [0.1, 0.15) is 6.92 Å². The summed E-state index contributed by atoms with van der Waals surface area (Å²) in [7, 11) is 1.35. The summed E-state index contributed by atoms with van der Waals surface area (Å²) in [6.45, 7) is 1.05. The molecule has 0 radical (unpaired) electrons. The Kier molecular flexibility index (Phi) is 6.05. The number of nitrogens with zero attached hydrogens (tertiary/aromatic N) is 3. The van der Waals surface area contributed by atoms with E-state index in [1.807, 2.05) is 0 Å². The molecule has 0 aromatic carbocycles. The molecule has 1 amide bonds. The molecule has 0 spiro atoms. The Morgan fingerprint density at radius 3 is 2.68 bits per heavy atom. The zero-order valence-corrected chi connectivity index (χ0v) is 12.7. The van der Waals surface area contributed by atoms with E-state index in [1.54, 1.807) is 6.92 Å². The second kappa shape index (κ2) is 7.55. The fourth-order valence-electron chi connectivity index (χ4n) is 1.56. The van der Waals surface area contributed by atoms with E-state index in [1.165, 1.54) is 7.05 Å². The Morgan fingerprint density at radius 1 is 1.50 bits per heavy atom. The summed E-state index contributed by atoms with van der Waals surface area (Å²) in [6, 6.07) is 0.910. The van der Waals surface area contributed by atoms with E-state index in [2.05, 4.69) is 0 Å². The maximum absolute atomic E-state index is 11.9. The SMILES string of the molecule is CCOC(=O)CN(C)C(=O)Cn1cc([N+](=O)[O-])cc(Cl)c1=O. The maximum atomic E-state index is 11.9. The molecule has 10 heteroatoms. The second-order valence-corrected chi connectivity index (χ2v) is 4.70. The van der Waals surface area contributed by atoms with Crippen LogP contribution in [-0.2, 0) is 20.9 Å². The number of carbonyl (C=O) groups is 2. The number of hydrogen-bond acceptors (Lipinski definition) is 6. The second-order valence-electron chi connectivity index (χ2n) is 4.29. The highest BCUT2D eigenvalue weighted by atomic mass is 35.5. The van der Waals surface area contributed by atoms with Crippen molar-refractivity contribution >= 4 is 29.2 Å². The molecule has 1 aromatic rings. The predicted octanol–water partition coefficient (Wildman–Crippen LogP) is 0.431. The minimum absolute atomic E-state index is 0.181. The van der Waals surface area contributed by atoms with E-state index in [9.17, 15) is 24.5 Å². The van der Waals surface area contributed by atoms with Gasteiger partial charge in [-0.1, -0.05) is 11.6 Å². The zero-order chi connectivity index (χ0) is 16.9. The van der Waals surface area contributed by atoms with Crippen molar-refractivity contribution in [1.82, 2.24) is 9.47 Å². The highest BCUT2D eigenvalue weighted by Crippen LogP contribution is 2.13.